The Morgan fingerprint density at radius 3 is 2.18 bits per heavy atom. The van der Waals surface area contributed by atoms with Crippen LogP contribution in [-0.4, -0.2) is 24.9 Å². The highest BCUT2D eigenvalue weighted by Gasteiger charge is 2.23. The number of Topliss-reactive ketones (excluding diaryl/α,β-unsaturated/α-hetero) is 1. The Labute approximate surface area is 179 Å². The zero-order valence-corrected chi connectivity index (χ0v) is 18.0. The van der Waals surface area contributed by atoms with Gasteiger partial charge in [0.15, 0.2) is 6.61 Å². The van der Waals surface area contributed by atoms with Crippen molar-refractivity contribution in [1.29, 1.82) is 0 Å². The number of esters is 1. The predicted octanol–water partition coefficient (Wildman–Crippen LogP) is 5.93. The van der Waals surface area contributed by atoms with Gasteiger partial charge < -0.3 is 9.64 Å². The van der Waals surface area contributed by atoms with Crippen LogP contribution < -0.4 is 4.90 Å². The fourth-order valence-electron chi connectivity index (χ4n) is 2.98. The molecule has 0 spiro atoms. The highest BCUT2D eigenvalue weighted by atomic mass is 79.9. The molecule has 0 fully saturated rings. The summed E-state index contributed by atoms with van der Waals surface area (Å²) in [5.74, 6) is -0.564. The van der Waals surface area contributed by atoms with Gasteiger partial charge in [-0.15, -0.1) is 11.3 Å². The molecule has 2 heterocycles. The molecule has 1 aliphatic heterocycles. The van der Waals surface area contributed by atoms with Crippen LogP contribution in [-0.2, 0) is 9.53 Å². The summed E-state index contributed by atoms with van der Waals surface area (Å²) in [6, 6.07) is 19.8. The molecule has 2 aromatic carbocycles. The molecule has 0 bridgehead atoms. The van der Waals surface area contributed by atoms with Gasteiger partial charge in [0.1, 0.15) is 0 Å². The molecule has 3 aromatic rings. The molecule has 0 N–H and O–H groups in total. The van der Waals surface area contributed by atoms with Gasteiger partial charge in [-0.2, -0.15) is 0 Å². The summed E-state index contributed by atoms with van der Waals surface area (Å²) in [6.45, 7) is 0.265. The van der Waals surface area contributed by atoms with Crippen LogP contribution in [0.15, 0.2) is 74.2 Å². The van der Waals surface area contributed by atoms with Gasteiger partial charge >= 0.3 is 5.97 Å². The Morgan fingerprint density at radius 2 is 1.57 bits per heavy atom. The quantitative estimate of drug-likeness (QED) is 0.327. The lowest BCUT2D eigenvalue weighted by molar-refractivity contribution is -0.142. The SMILES string of the molecule is O=C(CCN1c2ccccc2Sc2ccccc21)OCC(=O)c1ccc(Br)s1. The molecule has 0 unspecified atom stereocenters. The van der Waals surface area contributed by atoms with Gasteiger partial charge in [-0.25, -0.2) is 0 Å². The van der Waals surface area contributed by atoms with E-state index in [1.165, 1.54) is 11.3 Å². The van der Waals surface area contributed by atoms with Crippen molar-refractivity contribution in [1.82, 2.24) is 0 Å². The third-order valence-electron chi connectivity index (χ3n) is 4.28. The molecule has 7 heteroatoms. The van der Waals surface area contributed by atoms with Crippen molar-refractivity contribution in [3.63, 3.8) is 0 Å². The van der Waals surface area contributed by atoms with E-state index >= 15 is 0 Å². The van der Waals surface area contributed by atoms with E-state index in [4.69, 9.17) is 4.74 Å². The third-order valence-corrected chi connectivity index (χ3v) is 7.08. The van der Waals surface area contributed by atoms with Crippen molar-refractivity contribution < 1.29 is 14.3 Å². The van der Waals surface area contributed by atoms with E-state index in [2.05, 4.69) is 45.1 Å². The number of halogens is 1. The van der Waals surface area contributed by atoms with Crippen molar-refractivity contribution in [2.24, 2.45) is 0 Å². The maximum Gasteiger partial charge on any atom is 0.308 e. The molecule has 1 aromatic heterocycles. The fourth-order valence-corrected chi connectivity index (χ4v) is 5.38. The minimum absolute atomic E-state index is 0.186. The van der Waals surface area contributed by atoms with E-state index < -0.39 is 0 Å². The van der Waals surface area contributed by atoms with Crippen LogP contribution in [0.1, 0.15) is 16.1 Å². The Hall–Kier alpha value is -2.09. The minimum Gasteiger partial charge on any atom is -0.457 e. The summed E-state index contributed by atoms with van der Waals surface area (Å²) < 4.78 is 6.08. The number of thiophene rings is 1. The largest absolute Gasteiger partial charge is 0.457 e. The first-order valence-electron chi connectivity index (χ1n) is 8.69. The number of benzene rings is 2. The summed E-state index contributed by atoms with van der Waals surface area (Å²) in [6.07, 6.45) is 0.203. The number of nitrogens with zero attached hydrogens (tertiary/aromatic N) is 1. The zero-order valence-electron chi connectivity index (χ0n) is 14.8. The van der Waals surface area contributed by atoms with Gasteiger partial charge in [0, 0.05) is 16.3 Å². The van der Waals surface area contributed by atoms with E-state index in [0.717, 1.165) is 25.0 Å². The van der Waals surface area contributed by atoms with Gasteiger partial charge in [-0.1, -0.05) is 36.0 Å². The Bertz CT molecular complexity index is 988. The molecule has 0 saturated carbocycles. The summed E-state index contributed by atoms with van der Waals surface area (Å²) in [7, 11) is 0. The van der Waals surface area contributed by atoms with Gasteiger partial charge in [-0.05, 0) is 52.3 Å². The maximum atomic E-state index is 12.2. The van der Waals surface area contributed by atoms with Gasteiger partial charge in [-0.3, -0.25) is 9.59 Å². The normalized spacial score (nSPS) is 12.2. The van der Waals surface area contributed by atoms with E-state index in [9.17, 15) is 9.59 Å². The second kappa shape index (κ2) is 8.51. The molecule has 0 saturated heterocycles. The molecule has 28 heavy (non-hydrogen) atoms. The van der Waals surface area contributed by atoms with Crippen LogP contribution >= 0.6 is 39.0 Å². The van der Waals surface area contributed by atoms with E-state index in [-0.39, 0.29) is 24.8 Å². The van der Waals surface area contributed by atoms with Gasteiger partial charge in [0.25, 0.3) is 0 Å². The number of hydrogen-bond acceptors (Lipinski definition) is 6. The number of carbonyl (C=O) groups excluding carboxylic acids is 2. The standard InChI is InChI=1S/C21H16BrNO3S2/c22-20-10-9-19(28-20)16(24)13-26-21(25)11-12-23-14-5-1-3-7-17(14)27-18-8-4-2-6-15(18)23/h1-10H,11-13H2. The molecule has 0 amide bonds. The summed E-state index contributed by atoms with van der Waals surface area (Å²) in [4.78, 5) is 29.4. The van der Waals surface area contributed by atoms with Crippen molar-refractivity contribution in [3.05, 3.63) is 69.3 Å². The molecule has 0 radical (unpaired) electrons. The van der Waals surface area contributed by atoms with E-state index in [1.807, 2.05) is 30.3 Å². The topological polar surface area (TPSA) is 46.6 Å². The maximum absolute atomic E-state index is 12.2. The minimum atomic E-state index is -0.378. The number of anilines is 2. The first kappa shape index (κ1) is 19.2. The number of ketones is 1. The molecule has 0 aliphatic carbocycles. The monoisotopic (exact) mass is 473 g/mol. The third kappa shape index (κ3) is 4.16. The second-order valence-corrected chi connectivity index (χ2v) is 9.67. The average molecular weight is 474 g/mol. The first-order chi connectivity index (χ1) is 13.6. The van der Waals surface area contributed by atoms with Crippen molar-refractivity contribution >= 4 is 62.2 Å². The number of fused-ring (bicyclic) bond motifs is 2. The van der Waals surface area contributed by atoms with Crippen molar-refractivity contribution in [2.45, 2.75) is 16.2 Å². The van der Waals surface area contributed by atoms with Crippen LogP contribution in [0.25, 0.3) is 0 Å². The molecule has 1 aliphatic rings. The summed E-state index contributed by atoms with van der Waals surface area (Å²) in [5.41, 5.74) is 2.16. The van der Waals surface area contributed by atoms with Crippen LogP contribution in [0.2, 0.25) is 0 Å². The Morgan fingerprint density at radius 1 is 0.929 bits per heavy atom. The van der Waals surface area contributed by atoms with Crippen LogP contribution in [0.3, 0.4) is 0 Å². The smallest absolute Gasteiger partial charge is 0.308 e. The number of hydrogen-bond donors (Lipinski definition) is 0. The van der Waals surface area contributed by atoms with Crippen LogP contribution in [0.4, 0.5) is 11.4 Å². The van der Waals surface area contributed by atoms with Crippen molar-refractivity contribution in [3.8, 4) is 0 Å². The first-order valence-corrected chi connectivity index (χ1v) is 11.1. The summed E-state index contributed by atoms with van der Waals surface area (Å²) >= 11 is 6.39. The van der Waals surface area contributed by atoms with E-state index in [0.29, 0.717) is 11.4 Å². The average Bonchev–Trinajstić information content (AvgIpc) is 3.15. The van der Waals surface area contributed by atoms with E-state index in [1.54, 1.807) is 17.8 Å². The molecule has 4 rings (SSSR count). The lowest BCUT2D eigenvalue weighted by Crippen LogP contribution is -2.25. The molecule has 0 atom stereocenters. The highest BCUT2D eigenvalue weighted by Crippen LogP contribution is 2.47. The van der Waals surface area contributed by atoms with Gasteiger partial charge in [0.2, 0.25) is 5.78 Å². The highest BCUT2D eigenvalue weighted by molar-refractivity contribution is 9.11. The molecular formula is C21H16BrNO3S2. The number of para-hydroxylation sites is 2. The van der Waals surface area contributed by atoms with Crippen LogP contribution in [0, 0.1) is 0 Å². The number of carbonyl (C=O) groups is 2. The van der Waals surface area contributed by atoms with Crippen LogP contribution in [0.5, 0.6) is 0 Å². The zero-order chi connectivity index (χ0) is 19.5. The van der Waals surface area contributed by atoms with Gasteiger partial charge in [0.05, 0.1) is 26.5 Å². The number of rotatable bonds is 6. The molecule has 4 nitrogen and oxygen atoms in total. The predicted molar refractivity (Wildman–Crippen MR) is 116 cm³/mol. The molecular weight excluding hydrogens is 458 g/mol. The Kier molecular flexibility index (Phi) is 5.85. The fraction of sp³-hybridized carbons (Fsp3) is 0.143. The number of ether oxygens (including phenoxy) is 1. The van der Waals surface area contributed by atoms with Crippen molar-refractivity contribution in [2.75, 3.05) is 18.1 Å². The summed E-state index contributed by atoms with van der Waals surface area (Å²) in [5, 5.41) is 0. The second-order valence-electron chi connectivity index (χ2n) is 6.13. The lowest BCUT2D eigenvalue weighted by Gasteiger charge is -2.32. The Balaban J connectivity index is 1.40. The molecule has 142 valence electrons. The lowest BCUT2D eigenvalue weighted by atomic mass is 10.2.